The number of amides is 1. The van der Waals surface area contributed by atoms with Crippen molar-refractivity contribution < 1.29 is 18.3 Å². The molecule has 2 aromatic heterocycles. The first-order valence-electron chi connectivity index (χ1n) is 13.8. The molecule has 0 spiro atoms. The van der Waals surface area contributed by atoms with Gasteiger partial charge in [-0.15, -0.1) is 11.3 Å². The highest BCUT2D eigenvalue weighted by Gasteiger charge is 2.32. The second-order valence-corrected chi connectivity index (χ2v) is 12.1. The summed E-state index contributed by atoms with van der Waals surface area (Å²) in [5, 5.41) is 7.85. The molecule has 42 heavy (non-hydrogen) atoms. The zero-order valence-electron chi connectivity index (χ0n) is 23.7. The summed E-state index contributed by atoms with van der Waals surface area (Å²) in [5.74, 6) is -0.290. The van der Waals surface area contributed by atoms with E-state index in [1.807, 2.05) is 6.07 Å². The number of piperazine rings is 1. The van der Waals surface area contributed by atoms with Crippen LogP contribution in [-0.2, 0) is 0 Å². The van der Waals surface area contributed by atoms with Gasteiger partial charge in [-0.05, 0) is 57.3 Å². The third-order valence-electron chi connectivity index (χ3n) is 8.05. The Balaban J connectivity index is 1.29. The highest BCUT2D eigenvalue weighted by atomic mass is 35.5. The van der Waals surface area contributed by atoms with Crippen molar-refractivity contribution in [1.29, 1.82) is 0 Å². The number of primary amides is 1. The summed E-state index contributed by atoms with van der Waals surface area (Å²) in [4.78, 5) is 27.8. The smallest absolute Gasteiger partial charge is 0.387 e. The number of hydrogen-bond donors (Lipinski definition) is 3. The summed E-state index contributed by atoms with van der Waals surface area (Å²) in [6, 6.07) is 8.39. The molecule has 2 fully saturated rings. The van der Waals surface area contributed by atoms with Gasteiger partial charge in [0.25, 0.3) is 5.91 Å². The van der Waals surface area contributed by atoms with E-state index in [-0.39, 0.29) is 28.2 Å². The summed E-state index contributed by atoms with van der Waals surface area (Å²) >= 11 is 7.46. The standard InChI is InChI=1S/C28H35ClF2N8O2S/c1-16-14-39(15-17(2)37(16)3)18-6-9-38(10-7-18)19-4-5-21(23(12-19)41-27(30)31)35-28-33-13-20(29)26(36-28)34-22-8-11-42-24(22)25(32)40/h4-5,8,11-13,16-18,27H,6-7,9-10,14-15H2,1-3H3,(H2,32,40)(H2,33,34,35,36)/t16-,17-/m1/s1. The minimum Gasteiger partial charge on any atom is -0.433 e. The van der Waals surface area contributed by atoms with E-state index in [4.69, 9.17) is 22.1 Å². The zero-order valence-corrected chi connectivity index (χ0v) is 25.3. The molecule has 0 bridgehead atoms. The van der Waals surface area contributed by atoms with Gasteiger partial charge in [0.05, 0.1) is 17.6 Å². The fourth-order valence-electron chi connectivity index (χ4n) is 5.60. The van der Waals surface area contributed by atoms with E-state index in [1.165, 1.54) is 17.5 Å². The molecule has 2 aliphatic rings. The molecule has 0 radical (unpaired) electrons. The Hall–Kier alpha value is -3.26. The average molecular weight is 621 g/mol. The van der Waals surface area contributed by atoms with Gasteiger partial charge in [-0.1, -0.05) is 11.6 Å². The number of carbonyl (C=O) groups excluding carboxylic acids is 1. The number of nitrogens with one attached hydrogen (secondary N) is 2. The van der Waals surface area contributed by atoms with Crippen LogP contribution in [-0.4, -0.2) is 83.6 Å². The van der Waals surface area contributed by atoms with Crippen LogP contribution in [0.1, 0.15) is 36.4 Å². The van der Waals surface area contributed by atoms with Gasteiger partial charge < -0.3 is 26.0 Å². The number of nitrogens with zero attached hydrogens (tertiary/aromatic N) is 5. The molecule has 0 unspecified atom stereocenters. The molecule has 2 aliphatic heterocycles. The number of aromatic nitrogens is 2. The molecule has 2 atom stereocenters. The highest BCUT2D eigenvalue weighted by molar-refractivity contribution is 7.12. The molecule has 2 saturated heterocycles. The van der Waals surface area contributed by atoms with Gasteiger partial charge in [-0.2, -0.15) is 13.8 Å². The lowest BCUT2D eigenvalue weighted by molar-refractivity contribution is -0.0493. The van der Waals surface area contributed by atoms with Crippen LogP contribution in [0.15, 0.2) is 35.8 Å². The predicted octanol–water partition coefficient (Wildman–Crippen LogP) is 5.37. The Morgan fingerprint density at radius 3 is 2.52 bits per heavy atom. The maximum atomic E-state index is 13.4. The van der Waals surface area contributed by atoms with Gasteiger partial charge in [0, 0.05) is 56.1 Å². The predicted molar refractivity (Wildman–Crippen MR) is 163 cm³/mol. The van der Waals surface area contributed by atoms with Gasteiger partial charge in [0.15, 0.2) is 11.6 Å². The number of rotatable bonds is 9. The first-order chi connectivity index (χ1) is 20.1. The lowest BCUT2D eigenvalue weighted by Gasteiger charge is -2.47. The van der Waals surface area contributed by atoms with Gasteiger partial charge in [0.1, 0.15) is 9.90 Å². The van der Waals surface area contributed by atoms with Crippen molar-refractivity contribution in [2.45, 2.75) is 51.4 Å². The lowest BCUT2D eigenvalue weighted by Crippen LogP contribution is -2.59. The fourth-order valence-corrected chi connectivity index (χ4v) is 6.44. The van der Waals surface area contributed by atoms with Gasteiger partial charge in [0.2, 0.25) is 5.95 Å². The Morgan fingerprint density at radius 2 is 1.86 bits per heavy atom. The Kier molecular flexibility index (Phi) is 9.31. The van der Waals surface area contributed by atoms with E-state index in [1.54, 1.807) is 23.6 Å². The summed E-state index contributed by atoms with van der Waals surface area (Å²) in [6.45, 7) is 5.30. The number of piperidine rings is 1. The number of halogens is 3. The number of likely N-dealkylation sites (N-methyl/N-ethyl adjacent to an activating group) is 1. The molecule has 4 heterocycles. The van der Waals surface area contributed by atoms with Crippen LogP contribution in [0.3, 0.4) is 0 Å². The minimum atomic E-state index is -3.01. The minimum absolute atomic E-state index is 0.0201. The summed E-state index contributed by atoms with van der Waals surface area (Å²) in [5.41, 5.74) is 6.97. The molecule has 5 rings (SSSR count). The van der Waals surface area contributed by atoms with E-state index < -0.39 is 12.5 Å². The first-order valence-corrected chi connectivity index (χ1v) is 15.1. The first kappa shape index (κ1) is 30.2. The van der Waals surface area contributed by atoms with Crippen LogP contribution < -0.4 is 26.0 Å². The van der Waals surface area contributed by atoms with E-state index in [0.717, 1.165) is 44.7 Å². The molecule has 1 amide bonds. The second kappa shape index (κ2) is 12.9. The van der Waals surface area contributed by atoms with Gasteiger partial charge in [-0.3, -0.25) is 14.6 Å². The van der Waals surface area contributed by atoms with E-state index in [2.05, 4.69) is 56.2 Å². The number of nitrogens with two attached hydrogens (primary N) is 1. The van der Waals surface area contributed by atoms with Crippen LogP contribution in [0, 0.1) is 0 Å². The zero-order chi connectivity index (χ0) is 30.0. The molecule has 4 N–H and O–H groups in total. The third-order valence-corrected chi connectivity index (χ3v) is 9.25. The quantitative estimate of drug-likeness (QED) is 0.291. The SMILES string of the molecule is C[C@@H]1CN(C2CCN(c3ccc(Nc4ncc(Cl)c(Nc5ccsc5C(N)=O)n4)c(OC(F)F)c3)CC2)C[C@@H](C)N1C. The van der Waals surface area contributed by atoms with Crippen molar-refractivity contribution in [3.63, 3.8) is 0 Å². The van der Waals surface area contributed by atoms with Crippen LogP contribution in [0.2, 0.25) is 5.02 Å². The molecular weight excluding hydrogens is 586 g/mol. The molecule has 3 aromatic rings. The number of anilines is 5. The van der Waals surface area contributed by atoms with E-state index in [0.29, 0.717) is 28.7 Å². The number of alkyl halides is 2. The molecule has 226 valence electrons. The van der Waals surface area contributed by atoms with Crippen molar-refractivity contribution in [2.24, 2.45) is 5.73 Å². The van der Waals surface area contributed by atoms with Crippen molar-refractivity contribution in [3.05, 3.63) is 45.7 Å². The molecule has 1 aromatic carbocycles. The summed E-state index contributed by atoms with van der Waals surface area (Å²) in [7, 11) is 2.19. The lowest BCUT2D eigenvalue weighted by atomic mass is 9.98. The van der Waals surface area contributed by atoms with E-state index in [9.17, 15) is 13.6 Å². The van der Waals surface area contributed by atoms with Crippen LogP contribution >= 0.6 is 22.9 Å². The normalized spacial score (nSPS) is 20.6. The van der Waals surface area contributed by atoms with Gasteiger partial charge in [-0.25, -0.2) is 4.98 Å². The Morgan fingerprint density at radius 1 is 1.14 bits per heavy atom. The van der Waals surface area contributed by atoms with Crippen molar-refractivity contribution in [3.8, 4) is 5.75 Å². The van der Waals surface area contributed by atoms with Crippen molar-refractivity contribution in [1.82, 2.24) is 19.8 Å². The molecule has 10 nitrogen and oxygen atoms in total. The number of benzene rings is 1. The van der Waals surface area contributed by atoms with Crippen LogP contribution in [0.5, 0.6) is 5.75 Å². The maximum absolute atomic E-state index is 13.4. The summed E-state index contributed by atoms with van der Waals surface area (Å²) in [6.07, 6.45) is 3.37. The van der Waals surface area contributed by atoms with Gasteiger partial charge >= 0.3 is 6.61 Å². The molecule has 0 saturated carbocycles. The monoisotopic (exact) mass is 620 g/mol. The van der Waals surface area contributed by atoms with Crippen molar-refractivity contribution >= 4 is 57.7 Å². The van der Waals surface area contributed by atoms with Crippen LogP contribution in [0.25, 0.3) is 0 Å². The Bertz CT molecular complexity index is 1390. The summed E-state index contributed by atoms with van der Waals surface area (Å²) < 4.78 is 31.7. The second-order valence-electron chi connectivity index (χ2n) is 10.8. The van der Waals surface area contributed by atoms with Crippen LogP contribution in [0.4, 0.5) is 37.6 Å². The topological polar surface area (TPSA) is 112 Å². The van der Waals surface area contributed by atoms with Crippen molar-refractivity contribution in [2.75, 3.05) is 48.8 Å². The highest BCUT2D eigenvalue weighted by Crippen LogP contribution is 2.35. The number of thiophene rings is 1. The number of carbonyl (C=O) groups is 1. The largest absolute Gasteiger partial charge is 0.433 e. The Labute approximate surface area is 252 Å². The van der Waals surface area contributed by atoms with E-state index >= 15 is 0 Å². The number of hydrogen-bond acceptors (Lipinski definition) is 10. The average Bonchev–Trinajstić information content (AvgIpc) is 3.42. The maximum Gasteiger partial charge on any atom is 0.387 e. The fraction of sp³-hybridized carbons (Fsp3) is 0.464. The molecule has 0 aliphatic carbocycles. The molecular formula is C28H35ClF2N8O2S. The number of ether oxygens (including phenoxy) is 1. The molecule has 14 heteroatoms. The third kappa shape index (κ3) is 6.86.